The van der Waals surface area contributed by atoms with Crippen molar-refractivity contribution in [1.82, 2.24) is 4.90 Å². The average Bonchev–Trinajstić information content (AvgIpc) is 3.31. The van der Waals surface area contributed by atoms with Gasteiger partial charge in [0.05, 0.1) is 13.2 Å². The van der Waals surface area contributed by atoms with Gasteiger partial charge < -0.3 is 23.9 Å². The number of hydrogen-bond donors (Lipinski definition) is 1. The Morgan fingerprint density at radius 2 is 1.86 bits per heavy atom. The Balaban J connectivity index is 1.82. The first kappa shape index (κ1) is 27.5. The number of ether oxygens (including phenoxy) is 2. The summed E-state index contributed by atoms with van der Waals surface area (Å²) < 4.78 is 42.4. The maximum Gasteiger partial charge on any atom is 0.339 e. The van der Waals surface area contributed by atoms with Crippen LogP contribution in [0.4, 0.5) is 5.69 Å². The number of carbonyl (C=O) groups is 2. The summed E-state index contributed by atoms with van der Waals surface area (Å²) in [6.07, 6.45) is 2.29. The Kier molecular flexibility index (Phi) is 9.33. The first-order valence-electron chi connectivity index (χ1n) is 12.0. The lowest BCUT2D eigenvalue weighted by atomic mass is 10.1. The van der Waals surface area contributed by atoms with Gasteiger partial charge in [-0.2, -0.15) is 8.42 Å². The molecule has 1 aliphatic rings. The van der Waals surface area contributed by atoms with Crippen LogP contribution in [0.25, 0.3) is 0 Å². The van der Waals surface area contributed by atoms with Gasteiger partial charge in [-0.05, 0) is 60.7 Å². The molecule has 9 nitrogen and oxygen atoms in total. The first-order chi connectivity index (χ1) is 17.1. The number of carbonyl (C=O) groups excluding carboxylic acids is 2. The SMILES string of the molecule is COc1ccc(CN(C[C@H]2CCCO2)C(=O)CC(C)C)cc1OS(=O)(=O)c1ccc(NC(C)=O)cc1. The normalized spacial score (nSPS) is 15.5. The van der Waals surface area contributed by atoms with E-state index in [1.165, 1.54) is 38.3 Å². The molecule has 1 N–H and O–H groups in total. The summed E-state index contributed by atoms with van der Waals surface area (Å²) in [4.78, 5) is 25.8. The maximum atomic E-state index is 13.0. The topological polar surface area (TPSA) is 111 Å². The molecular formula is C26H34N2O7S. The highest BCUT2D eigenvalue weighted by atomic mass is 32.2. The molecule has 2 amide bonds. The quantitative estimate of drug-likeness (QED) is 0.448. The van der Waals surface area contributed by atoms with Gasteiger partial charge in [-0.3, -0.25) is 9.59 Å². The number of amides is 2. The van der Waals surface area contributed by atoms with Gasteiger partial charge in [0.2, 0.25) is 11.8 Å². The van der Waals surface area contributed by atoms with Gasteiger partial charge in [0.25, 0.3) is 0 Å². The fourth-order valence-electron chi connectivity index (χ4n) is 3.95. The van der Waals surface area contributed by atoms with Gasteiger partial charge in [-0.15, -0.1) is 0 Å². The van der Waals surface area contributed by atoms with Crippen LogP contribution in [0.1, 0.15) is 45.6 Å². The van der Waals surface area contributed by atoms with Crippen LogP contribution in [0.15, 0.2) is 47.4 Å². The fraction of sp³-hybridized carbons (Fsp3) is 0.462. The molecular weight excluding hydrogens is 484 g/mol. The number of nitrogens with one attached hydrogen (secondary N) is 1. The van der Waals surface area contributed by atoms with E-state index < -0.39 is 10.1 Å². The predicted octanol–water partition coefficient (Wildman–Crippen LogP) is 3.98. The van der Waals surface area contributed by atoms with Gasteiger partial charge in [-0.25, -0.2) is 0 Å². The Labute approximate surface area is 212 Å². The summed E-state index contributed by atoms with van der Waals surface area (Å²) in [5, 5.41) is 2.59. The molecule has 36 heavy (non-hydrogen) atoms. The van der Waals surface area contributed by atoms with Crippen molar-refractivity contribution >= 4 is 27.6 Å². The fourth-order valence-corrected chi connectivity index (χ4v) is 4.88. The molecule has 0 bridgehead atoms. The lowest BCUT2D eigenvalue weighted by Gasteiger charge is -2.26. The van der Waals surface area contributed by atoms with Crippen LogP contribution in [0, 0.1) is 5.92 Å². The molecule has 0 saturated carbocycles. The third-order valence-electron chi connectivity index (χ3n) is 5.65. The van der Waals surface area contributed by atoms with E-state index in [1.807, 2.05) is 13.8 Å². The highest BCUT2D eigenvalue weighted by molar-refractivity contribution is 7.87. The third kappa shape index (κ3) is 7.69. The van der Waals surface area contributed by atoms with E-state index in [1.54, 1.807) is 23.1 Å². The molecule has 2 aromatic rings. The van der Waals surface area contributed by atoms with Crippen molar-refractivity contribution in [3.63, 3.8) is 0 Å². The van der Waals surface area contributed by atoms with Crippen molar-refractivity contribution in [3.8, 4) is 11.5 Å². The molecule has 1 saturated heterocycles. The molecule has 196 valence electrons. The molecule has 10 heteroatoms. The maximum absolute atomic E-state index is 13.0. The number of rotatable bonds is 11. The molecule has 0 radical (unpaired) electrons. The van der Waals surface area contributed by atoms with Crippen LogP contribution in [-0.4, -0.2) is 51.5 Å². The number of benzene rings is 2. The van der Waals surface area contributed by atoms with Crippen molar-refractivity contribution in [2.45, 2.75) is 57.6 Å². The minimum atomic E-state index is -4.18. The highest BCUT2D eigenvalue weighted by Crippen LogP contribution is 2.32. The summed E-state index contributed by atoms with van der Waals surface area (Å²) in [5.74, 6) is 0.238. The molecule has 1 aliphatic heterocycles. The monoisotopic (exact) mass is 518 g/mol. The van der Waals surface area contributed by atoms with E-state index >= 15 is 0 Å². The van der Waals surface area contributed by atoms with Crippen molar-refractivity contribution in [2.75, 3.05) is 25.6 Å². The average molecular weight is 519 g/mol. The molecule has 0 aromatic heterocycles. The minimum Gasteiger partial charge on any atom is -0.493 e. The molecule has 0 unspecified atom stereocenters. The van der Waals surface area contributed by atoms with Crippen LogP contribution >= 0.6 is 0 Å². The summed E-state index contributed by atoms with van der Waals surface area (Å²) >= 11 is 0. The Bertz CT molecular complexity index is 1160. The van der Waals surface area contributed by atoms with E-state index in [2.05, 4.69) is 5.32 Å². The second kappa shape index (κ2) is 12.2. The zero-order valence-electron chi connectivity index (χ0n) is 21.2. The second-order valence-corrected chi connectivity index (χ2v) is 10.8. The molecule has 1 heterocycles. The van der Waals surface area contributed by atoms with E-state index in [-0.39, 0.29) is 46.8 Å². The number of methoxy groups -OCH3 is 1. The summed E-state index contributed by atoms with van der Waals surface area (Å²) in [7, 11) is -2.76. The molecule has 0 spiro atoms. The van der Waals surface area contributed by atoms with Gasteiger partial charge in [-0.1, -0.05) is 19.9 Å². The summed E-state index contributed by atoms with van der Waals surface area (Å²) in [6.45, 7) is 6.82. The largest absolute Gasteiger partial charge is 0.493 e. The molecule has 0 aliphatic carbocycles. The standard InChI is InChI=1S/C26H34N2O7S/c1-18(2)14-26(30)28(17-22-6-5-13-34-22)16-20-7-12-24(33-4)25(15-20)35-36(31,32)23-10-8-21(9-11-23)27-19(3)29/h7-12,15,18,22H,5-6,13-14,16-17H2,1-4H3,(H,27,29)/t22-/m1/s1. The smallest absolute Gasteiger partial charge is 0.339 e. The van der Waals surface area contributed by atoms with Crippen molar-refractivity contribution in [2.24, 2.45) is 5.92 Å². The second-order valence-electron chi connectivity index (χ2n) is 9.24. The summed E-state index contributed by atoms with van der Waals surface area (Å²) in [5.41, 5.74) is 1.18. The van der Waals surface area contributed by atoms with Crippen LogP contribution in [0.3, 0.4) is 0 Å². The molecule has 2 aromatic carbocycles. The van der Waals surface area contributed by atoms with E-state index in [9.17, 15) is 18.0 Å². The third-order valence-corrected chi connectivity index (χ3v) is 6.90. The van der Waals surface area contributed by atoms with Gasteiger partial charge in [0.1, 0.15) is 4.90 Å². The zero-order valence-corrected chi connectivity index (χ0v) is 22.0. The van der Waals surface area contributed by atoms with Gasteiger partial charge in [0, 0.05) is 38.7 Å². The predicted molar refractivity (Wildman–Crippen MR) is 135 cm³/mol. The van der Waals surface area contributed by atoms with Gasteiger partial charge in [0.15, 0.2) is 11.5 Å². The van der Waals surface area contributed by atoms with E-state index in [0.717, 1.165) is 12.8 Å². The molecule has 1 fully saturated rings. The number of hydrogen-bond acceptors (Lipinski definition) is 7. The molecule has 1 atom stereocenters. The molecule has 3 rings (SSSR count). The first-order valence-corrected chi connectivity index (χ1v) is 13.4. The zero-order chi connectivity index (χ0) is 26.3. The minimum absolute atomic E-state index is 0.00378. The van der Waals surface area contributed by atoms with Crippen LogP contribution in [0.5, 0.6) is 11.5 Å². The van der Waals surface area contributed by atoms with Crippen molar-refractivity contribution < 1.29 is 31.7 Å². The van der Waals surface area contributed by atoms with Crippen LogP contribution in [-0.2, 0) is 31.0 Å². The van der Waals surface area contributed by atoms with Gasteiger partial charge >= 0.3 is 10.1 Å². The Morgan fingerprint density at radius 3 is 2.44 bits per heavy atom. The lowest BCUT2D eigenvalue weighted by molar-refractivity contribution is -0.134. The van der Waals surface area contributed by atoms with Crippen LogP contribution < -0.4 is 14.2 Å². The summed E-state index contributed by atoms with van der Waals surface area (Å²) in [6, 6.07) is 10.6. The lowest BCUT2D eigenvalue weighted by Crippen LogP contribution is -2.37. The van der Waals surface area contributed by atoms with Crippen LogP contribution in [0.2, 0.25) is 0 Å². The number of nitrogens with zero attached hydrogens (tertiary/aromatic N) is 1. The Morgan fingerprint density at radius 1 is 1.14 bits per heavy atom. The Hall–Kier alpha value is -3.11. The van der Waals surface area contributed by atoms with Crippen molar-refractivity contribution in [3.05, 3.63) is 48.0 Å². The van der Waals surface area contributed by atoms with E-state index in [4.69, 9.17) is 13.7 Å². The van der Waals surface area contributed by atoms with Crippen molar-refractivity contribution in [1.29, 1.82) is 0 Å². The van der Waals surface area contributed by atoms with E-state index in [0.29, 0.717) is 30.8 Å². The number of anilines is 1. The highest BCUT2D eigenvalue weighted by Gasteiger charge is 2.25.